The maximum Gasteiger partial charge on any atom is 0.242 e. The van der Waals surface area contributed by atoms with Crippen molar-refractivity contribution in [2.75, 3.05) is 39.8 Å². The van der Waals surface area contributed by atoms with E-state index >= 15 is 0 Å². The molecule has 3 rings (SSSR count). The highest BCUT2D eigenvalue weighted by molar-refractivity contribution is 14.0. The van der Waals surface area contributed by atoms with E-state index in [0.717, 1.165) is 12.5 Å². The van der Waals surface area contributed by atoms with Gasteiger partial charge in [-0.2, -0.15) is 0 Å². The van der Waals surface area contributed by atoms with Crippen LogP contribution in [0.2, 0.25) is 0 Å². The molecule has 176 valence electrons. The highest BCUT2D eigenvalue weighted by Gasteiger charge is 2.38. The highest BCUT2D eigenvalue weighted by atomic mass is 127. The quantitative estimate of drug-likeness (QED) is 0.194. The average molecular weight is 565 g/mol. The minimum absolute atomic E-state index is 0. The summed E-state index contributed by atoms with van der Waals surface area (Å²) >= 11 is 0. The number of nitrogens with zero attached hydrogens (tertiary/aromatic N) is 3. The lowest BCUT2D eigenvalue weighted by Gasteiger charge is -2.48. The largest absolute Gasteiger partial charge is 0.355 e. The maximum absolute atomic E-state index is 12.3. The molecule has 0 unspecified atom stereocenters. The number of guanidine groups is 1. The number of piperidine rings is 1. The maximum atomic E-state index is 12.3. The van der Waals surface area contributed by atoms with Gasteiger partial charge in [0.1, 0.15) is 4.90 Å². The smallest absolute Gasteiger partial charge is 0.242 e. The first-order valence-electron chi connectivity index (χ1n) is 11.2. The number of rotatable bonds is 8. The summed E-state index contributed by atoms with van der Waals surface area (Å²) in [6, 6.07) is 3.15. The molecular formula is C21H37IN6O2S. The Bertz CT molecular complexity index is 778. The summed E-state index contributed by atoms with van der Waals surface area (Å²) in [5, 5.41) is 6.75. The van der Waals surface area contributed by atoms with Gasteiger partial charge in [0.2, 0.25) is 10.0 Å². The molecule has 2 heterocycles. The van der Waals surface area contributed by atoms with Crippen LogP contribution in [0.15, 0.2) is 34.4 Å². The van der Waals surface area contributed by atoms with Gasteiger partial charge in [0, 0.05) is 44.6 Å². The van der Waals surface area contributed by atoms with Gasteiger partial charge >= 0.3 is 0 Å². The van der Waals surface area contributed by atoms with Gasteiger partial charge in [-0.15, -0.1) is 24.0 Å². The van der Waals surface area contributed by atoms with Crippen LogP contribution < -0.4 is 15.4 Å². The first-order chi connectivity index (χ1) is 14.6. The fraction of sp³-hybridized carbons (Fsp3) is 0.714. The Morgan fingerprint density at radius 2 is 1.81 bits per heavy atom. The Morgan fingerprint density at radius 1 is 1.10 bits per heavy atom. The monoisotopic (exact) mass is 564 g/mol. The van der Waals surface area contributed by atoms with Gasteiger partial charge in [-0.1, -0.05) is 25.7 Å². The minimum Gasteiger partial charge on any atom is -0.355 e. The zero-order valence-electron chi connectivity index (χ0n) is 18.5. The second kappa shape index (κ2) is 12.9. The topological polar surface area (TPSA) is 98.7 Å². The van der Waals surface area contributed by atoms with Crippen LogP contribution in [0.5, 0.6) is 0 Å². The number of hydrogen-bond donors (Lipinski definition) is 3. The molecule has 0 bridgehead atoms. The molecule has 2 aliphatic rings. The molecule has 0 radical (unpaired) electrons. The lowest BCUT2D eigenvalue weighted by atomic mass is 9.79. The third-order valence-electron chi connectivity index (χ3n) is 6.27. The minimum atomic E-state index is -3.54. The molecule has 1 saturated carbocycles. The fourth-order valence-corrected chi connectivity index (χ4v) is 5.60. The lowest BCUT2D eigenvalue weighted by molar-refractivity contribution is 0.0368. The number of aromatic nitrogens is 1. The van der Waals surface area contributed by atoms with E-state index in [1.165, 1.54) is 76.7 Å². The molecule has 0 spiro atoms. The van der Waals surface area contributed by atoms with Gasteiger partial charge < -0.3 is 10.6 Å². The van der Waals surface area contributed by atoms with Gasteiger partial charge in [0.25, 0.3) is 0 Å². The van der Waals surface area contributed by atoms with Crippen LogP contribution in [-0.4, -0.2) is 69.6 Å². The van der Waals surface area contributed by atoms with Crippen molar-refractivity contribution in [1.82, 2.24) is 25.2 Å². The van der Waals surface area contributed by atoms with Crippen molar-refractivity contribution in [3.63, 3.8) is 0 Å². The van der Waals surface area contributed by atoms with E-state index in [1.54, 1.807) is 19.3 Å². The predicted octanol–water partition coefficient (Wildman–Crippen LogP) is 2.33. The second-order valence-corrected chi connectivity index (χ2v) is 10.0. The Balaban J connectivity index is 0.00000341. The number of pyridine rings is 1. The molecule has 1 saturated heterocycles. The van der Waals surface area contributed by atoms with Crippen molar-refractivity contribution in [3.05, 3.63) is 24.5 Å². The van der Waals surface area contributed by atoms with Crippen LogP contribution in [0, 0.1) is 0 Å². The SMILES string of the molecule is CN=C(NCCNS(=O)(=O)c1cccnc1)NCC1(N2CCCCC2)CCCCC1.I. The Hall–Kier alpha value is -0.980. The summed E-state index contributed by atoms with van der Waals surface area (Å²) in [4.78, 5) is 11.1. The van der Waals surface area contributed by atoms with Gasteiger partial charge in [0.15, 0.2) is 5.96 Å². The van der Waals surface area contributed by atoms with E-state index < -0.39 is 10.0 Å². The van der Waals surface area contributed by atoms with E-state index in [2.05, 4.69) is 30.2 Å². The van der Waals surface area contributed by atoms with Crippen molar-refractivity contribution >= 4 is 40.0 Å². The molecule has 0 aromatic carbocycles. The Morgan fingerprint density at radius 3 is 2.45 bits per heavy atom. The van der Waals surface area contributed by atoms with Crippen LogP contribution in [-0.2, 0) is 10.0 Å². The molecule has 0 atom stereocenters. The Kier molecular flexibility index (Phi) is 10.9. The molecule has 0 amide bonds. The van der Waals surface area contributed by atoms with Gasteiger partial charge in [-0.3, -0.25) is 14.9 Å². The standard InChI is InChI=1S/C21H36N6O2S.HI/c1-22-20(24-13-14-26-30(28,29)19-9-8-12-23-17-19)25-18-21(10-4-2-5-11-21)27-15-6-3-7-16-27;/h8-9,12,17,26H,2-7,10-11,13-16,18H2,1H3,(H2,22,24,25);1H. The molecule has 3 N–H and O–H groups in total. The highest BCUT2D eigenvalue weighted by Crippen LogP contribution is 2.35. The number of sulfonamides is 1. The zero-order valence-corrected chi connectivity index (χ0v) is 21.6. The van der Waals surface area contributed by atoms with E-state index in [9.17, 15) is 8.42 Å². The number of likely N-dealkylation sites (tertiary alicyclic amines) is 1. The molecule has 1 aliphatic carbocycles. The Labute approximate surface area is 204 Å². The summed E-state index contributed by atoms with van der Waals surface area (Å²) < 4.78 is 27.1. The molecule has 2 fully saturated rings. The number of nitrogens with one attached hydrogen (secondary N) is 3. The average Bonchev–Trinajstić information content (AvgIpc) is 2.80. The first-order valence-corrected chi connectivity index (χ1v) is 12.6. The van der Waals surface area contributed by atoms with Gasteiger partial charge in [-0.05, 0) is 50.9 Å². The summed E-state index contributed by atoms with van der Waals surface area (Å²) in [7, 11) is -1.78. The summed E-state index contributed by atoms with van der Waals surface area (Å²) in [6.07, 6.45) is 13.2. The van der Waals surface area contributed by atoms with E-state index in [-0.39, 0.29) is 41.0 Å². The van der Waals surface area contributed by atoms with Crippen molar-refractivity contribution in [1.29, 1.82) is 0 Å². The normalized spacial score (nSPS) is 20.0. The van der Waals surface area contributed by atoms with Crippen LogP contribution >= 0.6 is 24.0 Å². The number of aliphatic imine (C=N–C) groups is 1. The van der Waals surface area contributed by atoms with E-state index in [1.807, 2.05) is 0 Å². The third kappa shape index (κ3) is 7.54. The van der Waals surface area contributed by atoms with Crippen molar-refractivity contribution < 1.29 is 8.42 Å². The van der Waals surface area contributed by atoms with Crippen LogP contribution in [0.3, 0.4) is 0 Å². The summed E-state index contributed by atoms with van der Waals surface area (Å²) in [6.45, 7) is 4.01. The molecule has 31 heavy (non-hydrogen) atoms. The van der Waals surface area contributed by atoms with Gasteiger partial charge in [-0.25, -0.2) is 13.1 Å². The molecule has 10 heteroatoms. The van der Waals surface area contributed by atoms with Crippen LogP contribution in [0.1, 0.15) is 51.4 Å². The number of halogens is 1. The summed E-state index contributed by atoms with van der Waals surface area (Å²) in [5.74, 6) is 0.720. The van der Waals surface area contributed by atoms with Crippen molar-refractivity contribution in [2.45, 2.75) is 61.8 Å². The molecule has 1 aromatic rings. The van der Waals surface area contributed by atoms with Crippen molar-refractivity contribution in [3.8, 4) is 0 Å². The van der Waals surface area contributed by atoms with Crippen LogP contribution in [0.4, 0.5) is 0 Å². The zero-order chi connectivity index (χ0) is 21.3. The van der Waals surface area contributed by atoms with E-state index in [0.29, 0.717) is 6.54 Å². The second-order valence-electron chi connectivity index (χ2n) is 8.27. The molecule has 8 nitrogen and oxygen atoms in total. The van der Waals surface area contributed by atoms with Gasteiger partial charge in [0.05, 0.1) is 0 Å². The van der Waals surface area contributed by atoms with E-state index in [4.69, 9.17) is 0 Å². The number of hydrogen-bond acceptors (Lipinski definition) is 5. The first kappa shape index (κ1) is 26.3. The van der Waals surface area contributed by atoms with Crippen LogP contribution in [0.25, 0.3) is 0 Å². The molecule has 1 aliphatic heterocycles. The van der Waals surface area contributed by atoms with Crippen molar-refractivity contribution in [2.24, 2.45) is 4.99 Å². The third-order valence-corrected chi connectivity index (χ3v) is 7.72. The molecule has 1 aromatic heterocycles. The molecular weight excluding hydrogens is 527 g/mol. The lowest BCUT2D eigenvalue weighted by Crippen LogP contribution is -2.59. The predicted molar refractivity (Wildman–Crippen MR) is 135 cm³/mol. The summed E-state index contributed by atoms with van der Waals surface area (Å²) in [5.41, 5.74) is 0.220. The fourth-order valence-electron chi connectivity index (χ4n) is 4.61.